The fourth-order valence-electron chi connectivity index (χ4n) is 1.74. The summed E-state index contributed by atoms with van der Waals surface area (Å²) >= 11 is 10.8. The average molecular weight is 356 g/mol. The van der Waals surface area contributed by atoms with Gasteiger partial charge in [-0.15, -0.1) is 21.5 Å². The van der Waals surface area contributed by atoms with Gasteiger partial charge in [0.25, 0.3) is 0 Å². The second kappa shape index (κ2) is 5.40. The van der Waals surface area contributed by atoms with Gasteiger partial charge < -0.3 is 4.98 Å². The smallest absolute Gasteiger partial charge is 0.173 e. The first-order valence-corrected chi connectivity index (χ1v) is 7.47. The molecule has 0 atom stereocenters. The third-order valence-corrected chi connectivity index (χ3v) is 4.40. The van der Waals surface area contributed by atoms with Gasteiger partial charge in [0.1, 0.15) is 6.33 Å². The highest BCUT2D eigenvalue weighted by Crippen LogP contribution is 2.32. The highest BCUT2D eigenvalue weighted by atomic mass is 79.9. The predicted octanol–water partition coefficient (Wildman–Crippen LogP) is 3.93. The summed E-state index contributed by atoms with van der Waals surface area (Å²) in [5, 5.41) is 8.58. The van der Waals surface area contributed by atoms with Gasteiger partial charge in [0.15, 0.2) is 9.74 Å². The van der Waals surface area contributed by atoms with Crippen molar-refractivity contribution in [2.45, 2.75) is 6.42 Å². The molecule has 2 heterocycles. The normalized spacial score (nSPS) is 10.8. The van der Waals surface area contributed by atoms with E-state index in [0.29, 0.717) is 0 Å². The first kappa shape index (κ1) is 12.8. The number of rotatable bonds is 3. The lowest BCUT2D eigenvalue weighted by Gasteiger charge is -2.00. The van der Waals surface area contributed by atoms with E-state index in [4.69, 9.17) is 11.6 Å². The quantitative estimate of drug-likeness (QED) is 0.774. The largest absolute Gasteiger partial charge is 0.327 e. The maximum Gasteiger partial charge on any atom is 0.173 e. The summed E-state index contributed by atoms with van der Waals surface area (Å²) in [4.78, 5) is 8.51. The molecule has 0 unspecified atom stereocenters. The molecule has 2 aromatic heterocycles. The van der Waals surface area contributed by atoms with Crippen LogP contribution in [0.5, 0.6) is 0 Å². The van der Waals surface area contributed by atoms with Crippen molar-refractivity contribution in [2.75, 3.05) is 0 Å². The zero-order chi connectivity index (χ0) is 13.2. The van der Waals surface area contributed by atoms with Gasteiger partial charge in [0.05, 0.1) is 10.6 Å². The van der Waals surface area contributed by atoms with Crippen molar-refractivity contribution in [3.8, 4) is 10.7 Å². The predicted molar refractivity (Wildman–Crippen MR) is 79.4 cm³/mol. The zero-order valence-corrected chi connectivity index (χ0v) is 12.8. The van der Waals surface area contributed by atoms with Crippen LogP contribution in [0.25, 0.3) is 10.7 Å². The number of halogens is 2. The highest BCUT2D eigenvalue weighted by molar-refractivity contribution is 9.11. The Labute approximate surface area is 127 Å². The number of H-pyrrole nitrogens is 1. The number of nitrogens with one attached hydrogen (secondary N) is 1. The van der Waals surface area contributed by atoms with E-state index in [0.717, 1.165) is 37.3 Å². The summed E-state index contributed by atoms with van der Waals surface area (Å²) in [6.45, 7) is 0. The Bertz CT molecular complexity index is 678. The SMILES string of the molecule is Clc1ccc(Cc2nc(Br)sc2-c2nnc[nH]2)cc1. The van der Waals surface area contributed by atoms with Crippen LogP contribution in [0.3, 0.4) is 0 Å². The Morgan fingerprint density at radius 2 is 2.05 bits per heavy atom. The van der Waals surface area contributed by atoms with Gasteiger partial charge in [0, 0.05) is 11.4 Å². The Balaban J connectivity index is 1.95. The molecule has 3 aromatic rings. The molecule has 0 saturated carbocycles. The molecule has 7 heteroatoms. The average Bonchev–Trinajstić information content (AvgIpc) is 3.01. The van der Waals surface area contributed by atoms with Crippen LogP contribution >= 0.6 is 38.9 Å². The van der Waals surface area contributed by atoms with Crippen molar-refractivity contribution < 1.29 is 0 Å². The molecule has 96 valence electrons. The number of nitrogens with zero attached hydrogens (tertiary/aromatic N) is 3. The number of thiazole rings is 1. The number of benzene rings is 1. The Morgan fingerprint density at radius 3 is 2.74 bits per heavy atom. The molecular weight excluding hydrogens is 348 g/mol. The van der Waals surface area contributed by atoms with Crippen LogP contribution in [0.1, 0.15) is 11.3 Å². The minimum atomic E-state index is 0.731. The number of aromatic amines is 1. The first-order chi connectivity index (χ1) is 9.22. The summed E-state index contributed by atoms with van der Waals surface area (Å²) in [5.74, 6) is 0.743. The lowest BCUT2D eigenvalue weighted by molar-refractivity contribution is 1.07. The van der Waals surface area contributed by atoms with Gasteiger partial charge >= 0.3 is 0 Å². The molecule has 1 aromatic carbocycles. The van der Waals surface area contributed by atoms with Gasteiger partial charge in [0.2, 0.25) is 0 Å². The second-order valence-electron chi connectivity index (χ2n) is 3.88. The Morgan fingerprint density at radius 1 is 1.26 bits per heavy atom. The van der Waals surface area contributed by atoms with E-state index in [1.54, 1.807) is 17.7 Å². The molecule has 4 nitrogen and oxygen atoms in total. The van der Waals surface area contributed by atoms with Crippen LogP contribution in [0, 0.1) is 0 Å². The standard InChI is InChI=1S/C12H8BrClN4S/c13-12-17-9(5-7-1-3-8(14)4-2-7)10(19-12)11-15-6-16-18-11/h1-4,6H,5H2,(H,15,16,18). The van der Waals surface area contributed by atoms with Crippen molar-refractivity contribution in [2.24, 2.45) is 0 Å². The minimum absolute atomic E-state index is 0.731. The van der Waals surface area contributed by atoms with Gasteiger partial charge in [-0.2, -0.15) is 0 Å². The maximum atomic E-state index is 5.89. The van der Waals surface area contributed by atoms with Crippen molar-refractivity contribution in [1.82, 2.24) is 20.2 Å². The number of aromatic nitrogens is 4. The topological polar surface area (TPSA) is 54.5 Å². The van der Waals surface area contributed by atoms with Gasteiger partial charge in [-0.1, -0.05) is 23.7 Å². The molecular formula is C12H8BrClN4S. The van der Waals surface area contributed by atoms with Crippen LogP contribution in [-0.2, 0) is 6.42 Å². The van der Waals surface area contributed by atoms with E-state index in [-0.39, 0.29) is 0 Å². The van der Waals surface area contributed by atoms with Crippen LogP contribution in [0.15, 0.2) is 34.5 Å². The summed E-state index contributed by atoms with van der Waals surface area (Å²) in [6, 6.07) is 7.76. The van der Waals surface area contributed by atoms with E-state index in [1.165, 1.54) is 0 Å². The molecule has 0 spiro atoms. The molecule has 0 aliphatic heterocycles. The Hall–Kier alpha value is -1.24. The molecule has 1 N–H and O–H groups in total. The number of hydrogen-bond donors (Lipinski definition) is 1. The number of hydrogen-bond acceptors (Lipinski definition) is 4. The first-order valence-electron chi connectivity index (χ1n) is 5.48. The molecule has 0 amide bonds. The van der Waals surface area contributed by atoms with Crippen LogP contribution in [0.4, 0.5) is 0 Å². The maximum absolute atomic E-state index is 5.89. The lowest BCUT2D eigenvalue weighted by atomic mass is 10.1. The second-order valence-corrected chi connectivity index (χ2v) is 6.59. The van der Waals surface area contributed by atoms with Crippen molar-refractivity contribution in [3.63, 3.8) is 0 Å². The summed E-state index contributed by atoms with van der Waals surface area (Å²) in [5.41, 5.74) is 2.12. The van der Waals surface area contributed by atoms with Crippen LogP contribution < -0.4 is 0 Å². The monoisotopic (exact) mass is 354 g/mol. The molecule has 0 aliphatic carbocycles. The molecule has 0 aliphatic rings. The van der Waals surface area contributed by atoms with Crippen LogP contribution in [0.2, 0.25) is 5.02 Å². The summed E-state index contributed by atoms with van der Waals surface area (Å²) in [7, 11) is 0. The summed E-state index contributed by atoms with van der Waals surface area (Å²) < 4.78 is 0.836. The van der Waals surface area contributed by atoms with Crippen LogP contribution in [-0.4, -0.2) is 20.2 Å². The third-order valence-electron chi connectivity index (χ3n) is 2.59. The molecule has 3 rings (SSSR count). The minimum Gasteiger partial charge on any atom is -0.327 e. The molecule has 0 saturated heterocycles. The van der Waals surface area contributed by atoms with E-state index >= 15 is 0 Å². The van der Waals surface area contributed by atoms with Crippen molar-refractivity contribution in [3.05, 3.63) is 50.8 Å². The Kier molecular flexibility index (Phi) is 3.63. The fourth-order valence-corrected chi connectivity index (χ4v) is 3.32. The van der Waals surface area contributed by atoms with Gasteiger partial charge in [-0.3, -0.25) is 0 Å². The van der Waals surface area contributed by atoms with E-state index in [2.05, 4.69) is 36.1 Å². The van der Waals surface area contributed by atoms with E-state index in [9.17, 15) is 0 Å². The zero-order valence-electron chi connectivity index (χ0n) is 9.60. The van der Waals surface area contributed by atoms with Gasteiger partial charge in [-0.05, 0) is 33.6 Å². The third kappa shape index (κ3) is 2.86. The van der Waals surface area contributed by atoms with E-state index in [1.807, 2.05) is 24.3 Å². The molecule has 19 heavy (non-hydrogen) atoms. The lowest BCUT2D eigenvalue weighted by Crippen LogP contribution is -1.91. The molecule has 0 bridgehead atoms. The van der Waals surface area contributed by atoms with Crippen molar-refractivity contribution >= 4 is 38.9 Å². The fraction of sp³-hybridized carbons (Fsp3) is 0.0833. The molecule has 0 fully saturated rings. The van der Waals surface area contributed by atoms with Crippen molar-refractivity contribution in [1.29, 1.82) is 0 Å². The molecule has 0 radical (unpaired) electrons. The van der Waals surface area contributed by atoms with E-state index < -0.39 is 0 Å². The van der Waals surface area contributed by atoms with Gasteiger partial charge in [-0.25, -0.2) is 4.98 Å². The summed E-state index contributed by atoms with van der Waals surface area (Å²) in [6.07, 6.45) is 2.30. The highest BCUT2D eigenvalue weighted by Gasteiger charge is 2.14.